The van der Waals surface area contributed by atoms with Crippen molar-refractivity contribution in [1.82, 2.24) is 14.0 Å². The van der Waals surface area contributed by atoms with Crippen LogP contribution in [-0.4, -0.2) is 62.8 Å². The molecule has 0 saturated carbocycles. The average molecular weight is 276 g/mol. The Labute approximate surface area is 115 Å². The Morgan fingerprint density at radius 2 is 1.17 bits per heavy atom. The zero-order valence-electron chi connectivity index (χ0n) is 13.5. The second-order valence-electron chi connectivity index (χ2n) is 5.36. The highest BCUT2D eigenvalue weighted by atomic mass is 31.2. The molecule has 18 heavy (non-hydrogen) atoms. The van der Waals surface area contributed by atoms with Gasteiger partial charge in [0.05, 0.1) is 0 Å². The van der Waals surface area contributed by atoms with E-state index in [-0.39, 0.29) is 0 Å². The normalized spacial score (nSPS) is 12.8. The second-order valence-corrected chi connectivity index (χ2v) is 9.11. The zero-order chi connectivity index (χ0) is 14.2. The zero-order valence-corrected chi connectivity index (χ0v) is 14.4. The van der Waals surface area contributed by atoms with Crippen LogP contribution in [0.3, 0.4) is 0 Å². The van der Waals surface area contributed by atoms with Gasteiger partial charge in [-0.2, -0.15) is 0 Å². The van der Waals surface area contributed by atoms with Crippen LogP contribution in [0.2, 0.25) is 0 Å². The monoisotopic (exact) mass is 276 g/mol. The van der Waals surface area contributed by atoms with E-state index >= 15 is 0 Å². The minimum Gasteiger partial charge on any atom is -0.261 e. The molecule has 0 aromatic carbocycles. The Morgan fingerprint density at radius 1 is 0.722 bits per heavy atom. The van der Waals surface area contributed by atoms with Gasteiger partial charge in [0.1, 0.15) is 0 Å². The average Bonchev–Trinajstić information content (AvgIpc) is 2.26. The molecule has 0 atom stereocenters. The first-order valence-electron chi connectivity index (χ1n) is 7.01. The van der Waals surface area contributed by atoms with Gasteiger partial charge in [0.15, 0.2) is 7.51 Å². The Morgan fingerprint density at radius 3 is 1.56 bits per heavy atom. The van der Waals surface area contributed by atoms with Gasteiger partial charge in [0, 0.05) is 6.54 Å². The largest absolute Gasteiger partial charge is 0.261 e. The van der Waals surface area contributed by atoms with E-state index < -0.39 is 7.51 Å². The molecule has 0 unspecified atom stereocenters. The molecule has 0 aromatic rings. The first-order valence-corrected chi connectivity index (χ1v) is 8.61. The fourth-order valence-electron chi connectivity index (χ4n) is 2.37. The maximum atomic E-state index is 5.04. The summed E-state index contributed by atoms with van der Waals surface area (Å²) < 4.78 is 11.9. The fraction of sp³-hybridized carbons (Fsp3) is 1.00. The van der Waals surface area contributed by atoms with Crippen molar-refractivity contribution in [2.75, 3.05) is 48.8 Å². The molecule has 0 aromatic heterocycles. The SMILES string of the molecule is CCCCCCCN=P(N(C)C)(N(C)C)N(C)C. The number of unbranched alkanes of at least 4 members (excludes halogenated alkanes) is 4. The number of nitrogens with zero attached hydrogens (tertiary/aromatic N) is 4. The minimum absolute atomic E-state index is 0.978. The number of rotatable bonds is 9. The molecule has 0 aliphatic carbocycles. The van der Waals surface area contributed by atoms with Crippen molar-refractivity contribution in [2.24, 2.45) is 4.74 Å². The smallest absolute Gasteiger partial charge is 0.166 e. The van der Waals surface area contributed by atoms with E-state index in [0.717, 1.165) is 6.54 Å². The quantitative estimate of drug-likeness (QED) is 0.474. The lowest BCUT2D eigenvalue weighted by molar-refractivity contribution is 0.470. The van der Waals surface area contributed by atoms with E-state index in [0.29, 0.717) is 0 Å². The summed E-state index contributed by atoms with van der Waals surface area (Å²) in [5.74, 6) is 0. The topological polar surface area (TPSA) is 22.1 Å². The van der Waals surface area contributed by atoms with Crippen LogP contribution in [0.25, 0.3) is 0 Å². The summed E-state index contributed by atoms with van der Waals surface area (Å²) in [5.41, 5.74) is 0. The predicted octanol–water partition coefficient (Wildman–Crippen LogP) is 3.59. The van der Waals surface area contributed by atoms with Crippen molar-refractivity contribution in [3.8, 4) is 0 Å². The summed E-state index contributed by atoms with van der Waals surface area (Å²) in [6.07, 6.45) is 6.54. The summed E-state index contributed by atoms with van der Waals surface area (Å²) in [4.78, 5) is 0. The highest BCUT2D eigenvalue weighted by Crippen LogP contribution is 2.54. The van der Waals surface area contributed by atoms with Gasteiger partial charge >= 0.3 is 0 Å². The highest BCUT2D eigenvalue weighted by Gasteiger charge is 2.27. The Balaban J connectivity index is 4.57. The van der Waals surface area contributed by atoms with Crippen LogP contribution in [0.1, 0.15) is 39.0 Å². The third-order valence-corrected chi connectivity index (χ3v) is 6.96. The summed E-state index contributed by atoms with van der Waals surface area (Å²) in [6, 6.07) is 0. The summed E-state index contributed by atoms with van der Waals surface area (Å²) in [6.45, 7) is 3.23. The van der Waals surface area contributed by atoms with E-state index in [2.05, 4.69) is 63.2 Å². The lowest BCUT2D eigenvalue weighted by Gasteiger charge is -2.41. The van der Waals surface area contributed by atoms with Gasteiger partial charge in [-0.15, -0.1) is 0 Å². The van der Waals surface area contributed by atoms with Gasteiger partial charge in [0.25, 0.3) is 0 Å². The van der Waals surface area contributed by atoms with Gasteiger partial charge < -0.3 is 0 Å². The van der Waals surface area contributed by atoms with Crippen LogP contribution >= 0.6 is 7.51 Å². The third-order valence-electron chi connectivity index (χ3n) is 3.16. The maximum absolute atomic E-state index is 5.04. The first kappa shape index (κ1) is 18.1. The fourth-order valence-corrected chi connectivity index (χ4v) is 5.69. The molecule has 0 heterocycles. The Kier molecular flexibility index (Phi) is 9.14. The highest BCUT2D eigenvalue weighted by molar-refractivity contribution is 7.59. The van der Waals surface area contributed by atoms with Crippen molar-refractivity contribution in [3.05, 3.63) is 0 Å². The summed E-state index contributed by atoms with van der Waals surface area (Å²) in [7, 11) is 11.2. The lowest BCUT2D eigenvalue weighted by atomic mass is 10.2. The van der Waals surface area contributed by atoms with Gasteiger partial charge in [-0.1, -0.05) is 32.6 Å². The molecule has 5 heteroatoms. The van der Waals surface area contributed by atoms with Crippen molar-refractivity contribution in [2.45, 2.75) is 39.0 Å². The van der Waals surface area contributed by atoms with Gasteiger partial charge in [-0.3, -0.25) is 18.8 Å². The van der Waals surface area contributed by atoms with E-state index in [1.54, 1.807) is 0 Å². The van der Waals surface area contributed by atoms with Crippen LogP contribution in [0, 0.1) is 0 Å². The second kappa shape index (κ2) is 9.08. The van der Waals surface area contributed by atoms with E-state index in [9.17, 15) is 0 Å². The molecular weight excluding hydrogens is 243 g/mol. The molecule has 0 fully saturated rings. The predicted molar refractivity (Wildman–Crippen MR) is 84.0 cm³/mol. The van der Waals surface area contributed by atoms with Crippen molar-refractivity contribution >= 4 is 7.51 Å². The minimum atomic E-state index is -1.64. The third kappa shape index (κ3) is 5.00. The van der Waals surface area contributed by atoms with Crippen LogP contribution < -0.4 is 0 Å². The molecule has 0 N–H and O–H groups in total. The molecular formula is C13H33N4P. The van der Waals surface area contributed by atoms with Gasteiger partial charge in [-0.05, 0) is 48.7 Å². The molecule has 110 valence electrons. The molecule has 0 saturated heterocycles. The molecule has 0 rings (SSSR count). The number of hydrogen-bond donors (Lipinski definition) is 0. The molecule has 4 nitrogen and oxygen atoms in total. The summed E-state index contributed by atoms with van der Waals surface area (Å²) >= 11 is 0. The molecule has 0 radical (unpaired) electrons. The first-order chi connectivity index (χ1) is 8.39. The number of hydrogen-bond acceptors (Lipinski definition) is 1. The van der Waals surface area contributed by atoms with E-state index in [4.69, 9.17) is 4.74 Å². The molecule has 0 bridgehead atoms. The Hall–Kier alpha value is 0.110. The van der Waals surface area contributed by atoms with Crippen molar-refractivity contribution in [1.29, 1.82) is 0 Å². The molecule has 0 aliphatic heterocycles. The van der Waals surface area contributed by atoms with E-state index in [1.165, 1.54) is 32.1 Å². The summed E-state index contributed by atoms with van der Waals surface area (Å²) in [5, 5.41) is 0. The van der Waals surface area contributed by atoms with Crippen LogP contribution in [-0.2, 0) is 0 Å². The van der Waals surface area contributed by atoms with Gasteiger partial charge in [-0.25, -0.2) is 0 Å². The molecule has 0 aliphatic rings. The molecule has 0 amide bonds. The van der Waals surface area contributed by atoms with Crippen LogP contribution in [0.5, 0.6) is 0 Å². The van der Waals surface area contributed by atoms with Crippen LogP contribution in [0.15, 0.2) is 4.74 Å². The van der Waals surface area contributed by atoms with Gasteiger partial charge in [0.2, 0.25) is 0 Å². The van der Waals surface area contributed by atoms with Crippen LogP contribution in [0.4, 0.5) is 0 Å². The Bertz CT molecular complexity index is 233. The lowest BCUT2D eigenvalue weighted by Crippen LogP contribution is -2.30. The van der Waals surface area contributed by atoms with Crippen molar-refractivity contribution < 1.29 is 0 Å². The van der Waals surface area contributed by atoms with Crippen molar-refractivity contribution in [3.63, 3.8) is 0 Å². The maximum Gasteiger partial charge on any atom is 0.166 e. The van der Waals surface area contributed by atoms with E-state index in [1.807, 2.05) is 0 Å². The molecule has 0 spiro atoms. The standard InChI is InChI=1S/C13H33N4P/c1-8-9-10-11-12-13-14-18(15(2)3,16(4)5)17(6)7/h8-13H2,1-7H3.